The van der Waals surface area contributed by atoms with Crippen LogP contribution in [0.3, 0.4) is 0 Å². The second kappa shape index (κ2) is 7.27. The molecule has 0 fully saturated rings. The second-order valence-corrected chi connectivity index (χ2v) is 4.13. The Morgan fingerprint density at radius 2 is 1.89 bits per heavy atom. The van der Waals surface area contributed by atoms with Crippen LogP contribution in [0.5, 0.6) is 0 Å². The minimum absolute atomic E-state index is 0. The molecular formula is C14H15Cl2NO. The zero-order valence-corrected chi connectivity index (χ0v) is 11.4. The number of furan rings is 1. The second-order valence-electron chi connectivity index (χ2n) is 3.69. The van der Waals surface area contributed by atoms with Gasteiger partial charge < -0.3 is 9.73 Å². The van der Waals surface area contributed by atoms with Gasteiger partial charge in [0.1, 0.15) is 11.5 Å². The third-order valence-electron chi connectivity index (χ3n) is 2.38. The van der Waals surface area contributed by atoms with Gasteiger partial charge in [-0.1, -0.05) is 17.7 Å². The van der Waals surface area contributed by atoms with Crippen LogP contribution in [0, 0.1) is 0 Å². The molecule has 2 nitrogen and oxygen atoms in total. The Kier molecular flexibility index (Phi) is 5.99. The molecule has 1 aromatic heterocycles. The third kappa shape index (κ3) is 3.91. The summed E-state index contributed by atoms with van der Waals surface area (Å²) >= 11 is 5.84. The lowest BCUT2D eigenvalue weighted by Crippen LogP contribution is -2.11. The summed E-state index contributed by atoms with van der Waals surface area (Å²) in [5, 5.41) is 3.92. The monoisotopic (exact) mass is 283 g/mol. The van der Waals surface area contributed by atoms with E-state index < -0.39 is 0 Å². The minimum atomic E-state index is 0. The largest absolute Gasteiger partial charge is 0.460 e. The molecule has 18 heavy (non-hydrogen) atoms. The van der Waals surface area contributed by atoms with Gasteiger partial charge >= 0.3 is 0 Å². The molecule has 0 aliphatic carbocycles. The van der Waals surface area contributed by atoms with E-state index in [2.05, 4.69) is 11.9 Å². The average Bonchev–Trinajstić information content (AvgIpc) is 2.79. The van der Waals surface area contributed by atoms with Gasteiger partial charge in [-0.15, -0.1) is 19.0 Å². The fourth-order valence-corrected chi connectivity index (χ4v) is 1.67. The maximum absolute atomic E-state index is 5.84. The van der Waals surface area contributed by atoms with Crippen LogP contribution in [0.15, 0.2) is 53.5 Å². The lowest BCUT2D eigenvalue weighted by Gasteiger charge is -1.99. The Morgan fingerprint density at radius 3 is 2.56 bits per heavy atom. The molecule has 0 aliphatic heterocycles. The van der Waals surface area contributed by atoms with E-state index in [4.69, 9.17) is 16.0 Å². The summed E-state index contributed by atoms with van der Waals surface area (Å²) in [7, 11) is 0. The van der Waals surface area contributed by atoms with E-state index in [0.717, 1.165) is 28.7 Å². The molecule has 0 unspecified atom stereocenters. The van der Waals surface area contributed by atoms with E-state index in [1.54, 1.807) is 0 Å². The first-order valence-corrected chi connectivity index (χ1v) is 5.83. The van der Waals surface area contributed by atoms with Crippen molar-refractivity contribution in [2.75, 3.05) is 6.54 Å². The molecule has 1 aromatic carbocycles. The number of nitrogens with one attached hydrogen (secondary N) is 1. The SMILES string of the molecule is C=CCNCc1ccc(-c2ccc(Cl)cc2)o1.Cl. The molecule has 96 valence electrons. The maximum atomic E-state index is 5.84. The molecule has 0 radical (unpaired) electrons. The predicted octanol–water partition coefficient (Wildman–Crippen LogP) is 4.30. The van der Waals surface area contributed by atoms with Crippen LogP contribution < -0.4 is 5.32 Å². The molecule has 4 heteroatoms. The highest BCUT2D eigenvalue weighted by Gasteiger charge is 2.03. The molecule has 0 saturated carbocycles. The lowest BCUT2D eigenvalue weighted by molar-refractivity contribution is 0.502. The molecule has 0 amide bonds. The van der Waals surface area contributed by atoms with E-state index in [1.165, 1.54) is 0 Å². The van der Waals surface area contributed by atoms with Crippen LogP contribution in [-0.2, 0) is 6.54 Å². The van der Waals surface area contributed by atoms with E-state index in [9.17, 15) is 0 Å². The van der Waals surface area contributed by atoms with E-state index >= 15 is 0 Å². The zero-order chi connectivity index (χ0) is 12.1. The Morgan fingerprint density at radius 1 is 1.17 bits per heavy atom. The van der Waals surface area contributed by atoms with Crippen LogP contribution in [0.25, 0.3) is 11.3 Å². The summed E-state index contributed by atoms with van der Waals surface area (Å²) < 4.78 is 5.72. The predicted molar refractivity (Wildman–Crippen MR) is 78.3 cm³/mol. The number of hydrogen-bond acceptors (Lipinski definition) is 2. The highest BCUT2D eigenvalue weighted by atomic mass is 35.5. The highest BCUT2D eigenvalue weighted by molar-refractivity contribution is 6.30. The zero-order valence-electron chi connectivity index (χ0n) is 9.86. The molecule has 0 aliphatic rings. The van der Waals surface area contributed by atoms with Crippen LogP contribution in [-0.4, -0.2) is 6.54 Å². The van der Waals surface area contributed by atoms with Gasteiger partial charge in [-0.25, -0.2) is 0 Å². The molecule has 0 bridgehead atoms. The summed E-state index contributed by atoms with van der Waals surface area (Å²) in [4.78, 5) is 0. The summed E-state index contributed by atoms with van der Waals surface area (Å²) in [6, 6.07) is 11.5. The van der Waals surface area contributed by atoms with Gasteiger partial charge in [0.25, 0.3) is 0 Å². The highest BCUT2D eigenvalue weighted by Crippen LogP contribution is 2.23. The topological polar surface area (TPSA) is 25.2 Å². The van der Waals surface area contributed by atoms with Crippen LogP contribution >= 0.6 is 24.0 Å². The van der Waals surface area contributed by atoms with Crippen molar-refractivity contribution in [1.29, 1.82) is 0 Å². The first-order chi connectivity index (χ1) is 8.29. The quantitative estimate of drug-likeness (QED) is 0.654. The average molecular weight is 284 g/mol. The maximum Gasteiger partial charge on any atom is 0.134 e. The van der Waals surface area contributed by atoms with Gasteiger partial charge in [0.15, 0.2) is 0 Å². The lowest BCUT2D eigenvalue weighted by atomic mass is 10.2. The Hall–Kier alpha value is -1.22. The van der Waals surface area contributed by atoms with Crippen molar-refractivity contribution in [3.8, 4) is 11.3 Å². The van der Waals surface area contributed by atoms with Gasteiger partial charge in [-0.3, -0.25) is 0 Å². The normalized spacial score (nSPS) is 9.83. The van der Waals surface area contributed by atoms with Crippen molar-refractivity contribution in [3.05, 3.63) is 59.8 Å². The van der Waals surface area contributed by atoms with Crippen LogP contribution in [0.4, 0.5) is 0 Å². The first-order valence-electron chi connectivity index (χ1n) is 5.46. The smallest absolute Gasteiger partial charge is 0.134 e. The van der Waals surface area contributed by atoms with Crippen LogP contribution in [0.1, 0.15) is 5.76 Å². The molecule has 0 saturated heterocycles. The molecule has 0 atom stereocenters. The Labute approximate surface area is 118 Å². The summed E-state index contributed by atoms with van der Waals surface area (Å²) in [5.41, 5.74) is 1.03. The molecule has 2 rings (SSSR count). The summed E-state index contributed by atoms with van der Waals surface area (Å²) in [5.74, 6) is 1.77. The fraction of sp³-hybridized carbons (Fsp3) is 0.143. The Balaban J connectivity index is 0.00000162. The minimum Gasteiger partial charge on any atom is -0.460 e. The molecule has 1 N–H and O–H groups in total. The van der Waals surface area contributed by atoms with Gasteiger partial charge in [0.2, 0.25) is 0 Å². The van der Waals surface area contributed by atoms with Crippen molar-refractivity contribution in [2.45, 2.75) is 6.54 Å². The van der Waals surface area contributed by atoms with Gasteiger partial charge in [-0.05, 0) is 36.4 Å². The third-order valence-corrected chi connectivity index (χ3v) is 2.63. The van der Waals surface area contributed by atoms with E-state index in [-0.39, 0.29) is 12.4 Å². The summed E-state index contributed by atoms with van der Waals surface area (Å²) in [6.07, 6.45) is 1.82. The molecular weight excluding hydrogens is 269 g/mol. The van der Waals surface area contributed by atoms with Crippen molar-refractivity contribution in [1.82, 2.24) is 5.32 Å². The fourth-order valence-electron chi connectivity index (χ4n) is 1.54. The number of hydrogen-bond donors (Lipinski definition) is 1. The molecule has 0 spiro atoms. The van der Waals surface area contributed by atoms with Crippen molar-refractivity contribution < 1.29 is 4.42 Å². The van der Waals surface area contributed by atoms with Crippen molar-refractivity contribution in [3.63, 3.8) is 0 Å². The van der Waals surface area contributed by atoms with Gasteiger partial charge in [-0.2, -0.15) is 0 Å². The number of halogens is 2. The standard InChI is InChI=1S/C14H14ClNO.ClH/c1-2-9-16-10-13-7-8-14(17-13)11-3-5-12(15)6-4-11;/h2-8,16H,1,9-10H2;1H. The number of benzene rings is 1. The van der Waals surface area contributed by atoms with E-state index in [0.29, 0.717) is 6.54 Å². The molecule has 1 heterocycles. The van der Waals surface area contributed by atoms with Gasteiger partial charge in [0.05, 0.1) is 6.54 Å². The molecule has 2 aromatic rings. The van der Waals surface area contributed by atoms with Crippen LogP contribution in [0.2, 0.25) is 5.02 Å². The van der Waals surface area contributed by atoms with Crippen molar-refractivity contribution in [2.24, 2.45) is 0 Å². The Bertz CT molecular complexity index is 491. The van der Waals surface area contributed by atoms with Crippen molar-refractivity contribution >= 4 is 24.0 Å². The van der Waals surface area contributed by atoms with E-state index in [1.807, 2.05) is 42.5 Å². The number of rotatable bonds is 5. The summed E-state index contributed by atoms with van der Waals surface area (Å²) in [6.45, 7) is 5.13. The van der Waals surface area contributed by atoms with Gasteiger partial charge in [0, 0.05) is 17.1 Å². The first kappa shape index (κ1) is 14.8.